The highest BCUT2D eigenvalue weighted by atomic mass is 32.1. The van der Waals surface area contributed by atoms with Crippen molar-refractivity contribution in [2.75, 3.05) is 5.32 Å². The Balaban J connectivity index is 2.11. The van der Waals surface area contributed by atoms with Crippen LogP contribution in [0.15, 0.2) is 0 Å². The van der Waals surface area contributed by atoms with Crippen molar-refractivity contribution >= 4 is 28.3 Å². The predicted octanol–water partition coefficient (Wildman–Crippen LogP) is 1.68. The maximum atomic E-state index is 11.2. The topological polar surface area (TPSA) is 79.3 Å². The summed E-state index contributed by atoms with van der Waals surface area (Å²) in [5.41, 5.74) is 0.943. The number of nitrogens with zero attached hydrogens (tertiary/aromatic N) is 1. The third-order valence-corrected chi connectivity index (χ3v) is 3.89. The van der Waals surface area contributed by atoms with Gasteiger partial charge in [-0.25, -0.2) is 4.98 Å². The maximum Gasteiger partial charge on any atom is 0.306 e. The molecular formula is C11H14N2O3S. The number of carbonyl (C=O) groups is 2. The molecule has 1 aliphatic carbocycles. The minimum atomic E-state index is -0.747. The van der Waals surface area contributed by atoms with E-state index >= 15 is 0 Å². The van der Waals surface area contributed by atoms with Crippen molar-refractivity contribution in [2.24, 2.45) is 5.92 Å². The van der Waals surface area contributed by atoms with Gasteiger partial charge in [0.05, 0.1) is 11.6 Å². The highest BCUT2D eigenvalue weighted by molar-refractivity contribution is 7.15. The lowest BCUT2D eigenvalue weighted by atomic mass is 9.91. The summed E-state index contributed by atoms with van der Waals surface area (Å²) >= 11 is 1.39. The Kier molecular flexibility index (Phi) is 3.42. The molecule has 0 saturated carbocycles. The molecule has 1 heterocycles. The van der Waals surface area contributed by atoms with Gasteiger partial charge in [-0.3, -0.25) is 9.59 Å². The average Bonchev–Trinajstić information content (AvgIpc) is 2.69. The summed E-state index contributed by atoms with van der Waals surface area (Å²) in [4.78, 5) is 27.5. The van der Waals surface area contributed by atoms with Gasteiger partial charge >= 0.3 is 5.97 Å². The van der Waals surface area contributed by atoms with Crippen LogP contribution in [0.25, 0.3) is 0 Å². The molecule has 0 radical (unpaired) electrons. The molecule has 0 unspecified atom stereocenters. The zero-order chi connectivity index (χ0) is 12.4. The lowest BCUT2D eigenvalue weighted by molar-refractivity contribution is -0.142. The number of fused-ring (bicyclic) bond motifs is 1. The first-order chi connectivity index (χ1) is 8.10. The number of carboxylic acid groups (broad SMARTS) is 1. The van der Waals surface area contributed by atoms with E-state index < -0.39 is 5.97 Å². The minimum absolute atomic E-state index is 0.0640. The van der Waals surface area contributed by atoms with Gasteiger partial charge in [0.1, 0.15) is 0 Å². The van der Waals surface area contributed by atoms with Crippen LogP contribution < -0.4 is 5.32 Å². The number of aliphatic carboxylic acids is 1. The Morgan fingerprint density at radius 3 is 3.00 bits per heavy atom. The minimum Gasteiger partial charge on any atom is -0.481 e. The number of amides is 1. The fourth-order valence-corrected chi connectivity index (χ4v) is 2.95. The Morgan fingerprint density at radius 1 is 1.59 bits per heavy atom. The number of nitrogens with one attached hydrogen (secondary N) is 1. The third-order valence-electron chi connectivity index (χ3n) is 2.86. The largest absolute Gasteiger partial charge is 0.481 e. The molecule has 1 aromatic rings. The number of hydrogen-bond donors (Lipinski definition) is 2. The van der Waals surface area contributed by atoms with Crippen LogP contribution in [0.5, 0.6) is 0 Å². The number of anilines is 1. The first-order valence-electron chi connectivity index (χ1n) is 5.61. The molecule has 0 saturated heterocycles. The van der Waals surface area contributed by atoms with Crippen molar-refractivity contribution in [3.63, 3.8) is 0 Å². The van der Waals surface area contributed by atoms with Gasteiger partial charge in [-0.2, -0.15) is 0 Å². The molecular weight excluding hydrogens is 240 g/mol. The second kappa shape index (κ2) is 4.83. The van der Waals surface area contributed by atoms with Gasteiger partial charge in [-0.05, 0) is 19.3 Å². The number of carboxylic acids is 1. The zero-order valence-corrected chi connectivity index (χ0v) is 10.3. The van der Waals surface area contributed by atoms with E-state index in [0.29, 0.717) is 30.8 Å². The normalized spacial score (nSPS) is 18.5. The van der Waals surface area contributed by atoms with Gasteiger partial charge in [-0.15, -0.1) is 11.3 Å². The van der Waals surface area contributed by atoms with Gasteiger partial charge in [-0.1, -0.05) is 6.92 Å². The monoisotopic (exact) mass is 254 g/mol. The number of aromatic nitrogens is 1. The molecule has 0 bridgehead atoms. The molecule has 1 amide bonds. The van der Waals surface area contributed by atoms with Crippen LogP contribution in [0.3, 0.4) is 0 Å². The lowest BCUT2D eigenvalue weighted by Gasteiger charge is -2.16. The fourth-order valence-electron chi connectivity index (χ4n) is 1.85. The van der Waals surface area contributed by atoms with Crippen molar-refractivity contribution in [1.29, 1.82) is 0 Å². The molecule has 92 valence electrons. The van der Waals surface area contributed by atoms with E-state index in [9.17, 15) is 9.59 Å². The van der Waals surface area contributed by atoms with Crippen molar-refractivity contribution in [3.05, 3.63) is 10.6 Å². The van der Waals surface area contributed by atoms with E-state index in [1.807, 2.05) is 0 Å². The summed E-state index contributed by atoms with van der Waals surface area (Å²) in [5, 5.41) is 12.3. The van der Waals surface area contributed by atoms with Crippen LogP contribution >= 0.6 is 11.3 Å². The smallest absolute Gasteiger partial charge is 0.306 e. The first kappa shape index (κ1) is 12.0. The number of rotatable bonds is 3. The third kappa shape index (κ3) is 2.63. The lowest BCUT2D eigenvalue weighted by Crippen LogP contribution is -2.21. The predicted molar refractivity (Wildman–Crippen MR) is 64.2 cm³/mol. The van der Waals surface area contributed by atoms with Crippen molar-refractivity contribution in [1.82, 2.24) is 4.98 Å². The van der Waals surface area contributed by atoms with Gasteiger partial charge < -0.3 is 10.4 Å². The molecule has 2 rings (SSSR count). The van der Waals surface area contributed by atoms with Crippen molar-refractivity contribution < 1.29 is 14.7 Å². The first-order valence-corrected chi connectivity index (χ1v) is 6.43. The molecule has 1 aromatic heterocycles. The second-order valence-electron chi connectivity index (χ2n) is 4.07. The highest BCUT2D eigenvalue weighted by Crippen LogP contribution is 2.32. The van der Waals surface area contributed by atoms with Crippen LogP contribution in [-0.4, -0.2) is 22.0 Å². The molecule has 5 nitrogen and oxygen atoms in total. The Morgan fingerprint density at radius 2 is 2.35 bits per heavy atom. The molecule has 0 aliphatic heterocycles. The molecule has 0 aromatic carbocycles. The summed E-state index contributed by atoms with van der Waals surface area (Å²) in [7, 11) is 0. The van der Waals surface area contributed by atoms with E-state index in [4.69, 9.17) is 5.11 Å². The summed E-state index contributed by atoms with van der Waals surface area (Å²) in [6.45, 7) is 1.78. The van der Waals surface area contributed by atoms with E-state index in [-0.39, 0.29) is 11.8 Å². The summed E-state index contributed by atoms with van der Waals surface area (Å²) < 4.78 is 0. The fraction of sp³-hybridized carbons (Fsp3) is 0.545. The van der Waals surface area contributed by atoms with Crippen molar-refractivity contribution in [2.45, 2.75) is 32.6 Å². The Labute approximate surface area is 103 Å². The number of thiazole rings is 1. The van der Waals surface area contributed by atoms with E-state index in [0.717, 1.165) is 10.6 Å². The highest BCUT2D eigenvalue weighted by Gasteiger charge is 2.27. The standard InChI is InChI=1S/C11H14N2O3S/c1-2-9(14)13-11-12-7-4-3-6(10(15)16)5-8(7)17-11/h6H,2-5H2,1H3,(H,15,16)(H,12,13,14)/t6-/m1/s1. The van der Waals surface area contributed by atoms with Crippen LogP contribution in [-0.2, 0) is 22.4 Å². The van der Waals surface area contributed by atoms with Crippen LogP contribution in [0.1, 0.15) is 30.3 Å². The molecule has 0 fully saturated rings. The van der Waals surface area contributed by atoms with E-state index in [2.05, 4.69) is 10.3 Å². The van der Waals surface area contributed by atoms with Gasteiger partial charge in [0.25, 0.3) is 0 Å². The second-order valence-corrected chi connectivity index (χ2v) is 5.15. The quantitative estimate of drug-likeness (QED) is 0.860. The summed E-state index contributed by atoms with van der Waals surface area (Å²) in [5.74, 6) is -1.12. The van der Waals surface area contributed by atoms with Crippen LogP contribution in [0.2, 0.25) is 0 Å². The molecule has 0 spiro atoms. The van der Waals surface area contributed by atoms with Gasteiger partial charge in [0, 0.05) is 11.3 Å². The van der Waals surface area contributed by atoms with Crippen LogP contribution in [0, 0.1) is 5.92 Å². The van der Waals surface area contributed by atoms with Gasteiger partial charge in [0.15, 0.2) is 5.13 Å². The molecule has 17 heavy (non-hydrogen) atoms. The maximum absolute atomic E-state index is 11.2. The average molecular weight is 254 g/mol. The molecule has 6 heteroatoms. The zero-order valence-electron chi connectivity index (χ0n) is 9.52. The Bertz CT molecular complexity index is 456. The summed E-state index contributed by atoms with van der Waals surface area (Å²) in [6.07, 6.45) is 2.27. The van der Waals surface area contributed by atoms with Crippen LogP contribution in [0.4, 0.5) is 5.13 Å². The number of aryl methyl sites for hydroxylation is 1. The van der Waals surface area contributed by atoms with E-state index in [1.165, 1.54) is 11.3 Å². The Hall–Kier alpha value is -1.43. The van der Waals surface area contributed by atoms with Gasteiger partial charge in [0.2, 0.25) is 5.91 Å². The number of carbonyl (C=O) groups excluding carboxylic acids is 1. The number of hydrogen-bond acceptors (Lipinski definition) is 4. The van der Waals surface area contributed by atoms with Crippen molar-refractivity contribution in [3.8, 4) is 0 Å². The SMILES string of the molecule is CCC(=O)Nc1nc2c(s1)C[C@H](C(=O)O)CC2. The molecule has 1 atom stereocenters. The molecule has 2 N–H and O–H groups in total. The summed E-state index contributed by atoms with van der Waals surface area (Å²) in [6, 6.07) is 0. The molecule has 1 aliphatic rings. The van der Waals surface area contributed by atoms with E-state index in [1.54, 1.807) is 6.92 Å².